The second kappa shape index (κ2) is 16.1. The van der Waals surface area contributed by atoms with Crippen molar-refractivity contribution < 1.29 is 19.8 Å². The molecule has 0 bridgehead atoms. The Kier molecular flexibility index (Phi) is 19.4. The maximum Gasteiger partial charge on any atom is 0.320 e. The molecule has 122 valence electrons. The van der Waals surface area contributed by atoms with E-state index >= 15 is 0 Å². The molecule has 8 nitrogen and oxygen atoms in total. The highest BCUT2D eigenvalue weighted by molar-refractivity contribution is 5.85. The smallest absolute Gasteiger partial charge is 0.320 e. The molecular formula is C11H27ClN4O4. The van der Waals surface area contributed by atoms with Crippen molar-refractivity contribution in [3.05, 3.63) is 0 Å². The van der Waals surface area contributed by atoms with E-state index in [1.165, 1.54) is 0 Å². The van der Waals surface area contributed by atoms with Crippen molar-refractivity contribution in [2.45, 2.75) is 44.2 Å². The Labute approximate surface area is 125 Å². The van der Waals surface area contributed by atoms with E-state index < -0.39 is 24.0 Å². The number of nitrogens with two attached hydrogens (primary N) is 4. The second-order valence-corrected chi connectivity index (χ2v) is 4.10. The lowest BCUT2D eigenvalue weighted by molar-refractivity contribution is -0.139. The van der Waals surface area contributed by atoms with Gasteiger partial charge in [0.2, 0.25) is 0 Å². The zero-order chi connectivity index (χ0) is 15.3. The van der Waals surface area contributed by atoms with Crippen LogP contribution in [-0.2, 0) is 9.59 Å². The van der Waals surface area contributed by atoms with Gasteiger partial charge in [-0.1, -0.05) is 6.42 Å². The number of hydrogen-bond donors (Lipinski definition) is 6. The number of halogens is 1. The van der Waals surface area contributed by atoms with Crippen molar-refractivity contribution in [1.82, 2.24) is 0 Å². The number of hydrogen-bond acceptors (Lipinski definition) is 6. The zero-order valence-corrected chi connectivity index (χ0v) is 12.3. The van der Waals surface area contributed by atoms with E-state index in [0.29, 0.717) is 32.4 Å². The monoisotopic (exact) mass is 314 g/mol. The van der Waals surface area contributed by atoms with Gasteiger partial charge in [0.1, 0.15) is 12.1 Å². The van der Waals surface area contributed by atoms with Crippen molar-refractivity contribution in [3.8, 4) is 0 Å². The highest BCUT2D eigenvalue weighted by Gasteiger charge is 2.09. The van der Waals surface area contributed by atoms with Crippen LogP contribution in [0.4, 0.5) is 0 Å². The number of rotatable bonds is 9. The van der Waals surface area contributed by atoms with Crippen LogP contribution in [-0.4, -0.2) is 47.3 Å². The molecule has 0 saturated carbocycles. The summed E-state index contributed by atoms with van der Waals surface area (Å²) in [6, 6.07) is -1.46. The maximum atomic E-state index is 10.1. The molecule has 9 heteroatoms. The predicted octanol–water partition coefficient (Wildman–Crippen LogP) is -0.914. The second-order valence-electron chi connectivity index (χ2n) is 4.10. The van der Waals surface area contributed by atoms with E-state index in [1.54, 1.807) is 0 Å². The number of carboxylic acid groups (broad SMARTS) is 2. The molecule has 1 unspecified atom stereocenters. The van der Waals surface area contributed by atoms with Crippen LogP contribution in [0.2, 0.25) is 0 Å². The predicted molar refractivity (Wildman–Crippen MR) is 79.7 cm³/mol. The van der Waals surface area contributed by atoms with Gasteiger partial charge in [0.05, 0.1) is 0 Å². The highest BCUT2D eigenvalue weighted by Crippen LogP contribution is 1.97. The molecule has 20 heavy (non-hydrogen) atoms. The summed E-state index contributed by atoms with van der Waals surface area (Å²) in [5.41, 5.74) is 20.7. The van der Waals surface area contributed by atoms with E-state index in [2.05, 4.69) is 0 Å². The Morgan fingerprint density at radius 2 is 1.15 bits per heavy atom. The number of unbranched alkanes of at least 4 members (excludes halogenated alkanes) is 1. The van der Waals surface area contributed by atoms with Crippen molar-refractivity contribution in [1.29, 1.82) is 0 Å². The van der Waals surface area contributed by atoms with Crippen LogP contribution in [0.5, 0.6) is 0 Å². The molecule has 0 aromatic rings. The van der Waals surface area contributed by atoms with Gasteiger partial charge >= 0.3 is 11.9 Å². The Balaban J connectivity index is -0.000000277. The van der Waals surface area contributed by atoms with Gasteiger partial charge in [0, 0.05) is 0 Å². The molecule has 0 spiro atoms. The van der Waals surface area contributed by atoms with Gasteiger partial charge in [-0.25, -0.2) is 0 Å². The molecule has 0 fully saturated rings. The average Bonchev–Trinajstić information content (AvgIpc) is 2.36. The van der Waals surface area contributed by atoms with Gasteiger partial charge in [-0.2, -0.15) is 0 Å². The quantitative estimate of drug-likeness (QED) is 0.296. The summed E-state index contributed by atoms with van der Waals surface area (Å²) in [6.45, 7) is 1.10. The van der Waals surface area contributed by atoms with Gasteiger partial charge in [0.15, 0.2) is 0 Å². The topological polar surface area (TPSA) is 179 Å². The molecule has 0 aromatic carbocycles. The largest absolute Gasteiger partial charge is 0.480 e. The van der Waals surface area contributed by atoms with Crippen LogP contribution >= 0.6 is 12.4 Å². The molecule has 0 aliphatic heterocycles. The first-order valence-electron chi connectivity index (χ1n) is 6.23. The van der Waals surface area contributed by atoms with E-state index in [9.17, 15) is 9.59 Å². The summed E-state index contributed by atoms with van der Waals surface area (Å²) in [4.78, 5) is 20.2. The molecule has 2 atom stereocenters. The summed E-state index contributed by atoms with van der Waals surface area (Å²) in [5, 5.41) is 16.6. The minimum Gasteiger partial charge on any atom is -0.480 e. The third-order valence-corrected chi connectivity index (χ3v) is 2.32. The Morgan fingerprint density at radius 3 is 1.45 bits per heavy atom. The lowest BCUT2D eigenvalue weighted by atomic mass is 10.1. The molecule has 0 saturated heterocycles. The number of carboxylic acids is 2. The highest BCUT2D eigenvalue weighted by atomic mass is 35.5. The molecule has 0 amide bonds. The maximum absolute atomic E-state index is 10.1. The molecule has 0 aromatic heterocycles. The molecule has 0 heterocycles. The van der Waals surface area contributed by atoms with Crippen molar-refractivity contribution >= 4 is 24.3 Å². The standard InChI is InChI=1S/C6H14N2O2.C5H12N2O2.ClH/c7-4-2-1-3-5(8)6(9)10;6-3-1-2-4(7)5(8)9;/h5H,1-4,7-8H2,(H,9,10);4H,1-3,6-7H2,(H,8,9);1H/t5-;;/m0../s1. The van der Waals surface area contributed by atoms with Gasteiger partial charge in [-0.05, 0) is 38.8 Å². The van der Waals surface area contributed by atoms with Gasteiger partial charge < -0.3 is 33.1 Å². The van der Waals surface area contributed by atoms with Gasteiger partial charge in [-0.3, -0.25) is 9.59 Å². The van der Waals surface area contributed by atoms with Crippen molar-refractivity contribution in [2.75, 3.05) is 13.1 Å². The molecule has 0 radical (unpaired) electrons. The molecule has 0 aliphatic carbocycles. The average molecular weight is 315 g/mol. The lowest BCUT2D eigenvalue weighted by Crippen LogP contribution is -2.30. The van der Waals surface area contributed by atoms with Crippen LogP contribution < -0.4 is 22.9 Å². The van der Waals surface area contributed by atoms with Crippen LogP contribution in [0.25, 0.3) is 0 Å². The summed E-state index contributed by atoms with van der Waals surface area (Å²) in [5.74, 6) is -1.89. The first kappa shape index (κ1) is 24.1. The third-order valence-electron chi connectivity index (χ3n) is 2.32. The lowest BCUT2D eigenvalue weighted by Gasteiger charge is -2.03. The zero-order valence-electron chi connectivity index (χ0n) is 11.5. The van der Waals surface area contributed by atoms with Gasteiger partial charge in [0.25, 0.3) is 0 Å². The van der Waals surface area contributed by atoms with Gasteiger partial charge in [-0.15, -0.1) is 12.4 Å². The first-order chi connectivity index (χ1) is 8.86. The number of aliphatic carboxylic acids is 2. The van der Waals surface area contributed by atoms with Crippen molar-refractivity contribution in [2.24, 2.45) is 22.9 Å². The molecule has 0 rings (SSSR count). The Hall–Kier alpha value is -0.930. The summed E-state index contributed by atoms with van der Waals surface area (Å²) < 4.78 is 0. The third kappa shape index (κ3) is 17.1. The molecule has 10 N–H and O–H groups in total. The van der Waals surface area contributed by atoms with E-state index in [0.717, 1.165) is 12.8 Å². The molecular weight excluding hydrogens is 288 g/mol. The summed E-state index contributed by atoms with van der Waals surface area (Å²) >= 11 is 0. The summed E-state index contributed by atoms with van der Waals surface area (Å²) in [7, 11) is 0. The Bertz CT molecular complexity index is 257. The van der Waals surface area contributed by atoms with Crippen LogP contribution in [0, 0.1) is 0 Å². The van der Waals surface area contributed by atoms with Crippen LogP contribution in [0.1, 0.15) is 32.1 Å². The fourth-order valence-electron chi connectivity index (χ4n) is 1.09. The fourth-order valence-corrected chi connectivity index (χ4v) is 1.09. The van der Waals surface area contributed by atoms with E-state index in [1.807, 2.05) is 0 Å². The van der Waals surface area contributed by atoms with E-state index in [4.69, 9.17) is 33.1 Å². The van der Waals surface area contributed by atoms with E-state index in [-0.39, 0.29) is 12.4 Å². The Morgan fingerprint density at radius 1 is 0.800 bits per heavy atom. The minimum atomic E-state index is -0.955. The minimum absolute atomic E-state index is 0. The normalized spacial score (nSPS) is 12.4. The fraction of sp³-hybridized carbons (Fsp3) is 0.818. The SMILES string of the molecule is Cl.NCCCC(N)C(=O)O.NCCCC[C@H](N)C(=O)O. The van der Waals surface area contributed by atoms with Crippen LogP contribution in [0.3, 0.4) is 0 Å². The summed E-state index contributed by atoms with van der Waals surface area (Å²) in [6.07, 6.45) is 3.30. The number of carbonyl (C=O) groups is 2. The van der Waals surface area contributed by atoms with Crippen molar-refractivity contribution in [3.63, 3.8) is 0 Å². The first-order valence-corrected chi connectivity index (χ1v) is 6.23. The molecule has 0 aliphatic rings. The van der Waals surface area contributed by atoms with Crippen LogP contribution in [0.15, 0.2) is 0 Å².